The molecule has 0 unspecified atom stereocenters. The van der Waals surface area contributed by atoms with Gasteiger partial charge in [-0.3, -0.25) is 9.36 Å². The number of hydrogen-bond acceptors (Lipinski definition) is 5. The summed E-state index contributed by atoms with van der Waals surface area (Å²) in [6, 6.07) is 23.8. The molecule has 3 aromatic carbocycles. The van der Waals surface area contributed by atoms with Crippen LogP contribution in [0.15, 0.2) is 89.1 Å². The normalized spacial score (nSPS) is 11.4. The Bertz CT molecular complexity index is 1270. The first kappa shape index (κ1) is 22.4. The van der Waals surface area contributed by atoms with Gasteiger partial charge in [0.05, 0.1) is 11.5 Å². The highest BCUT2D eigenvalue weighted by Crippen LogP contribution is 2.28. The van der Waals surface area contributed by atoms with E-state index in [1.54, 1.807) is 19.1 Å². The van der Waals surface area contributed by atoms with Crippen LogP contribution < -0.4 is 5.43 Å². The van der Waals surface area contributed by atoms with Crippen LogP contribution in [0.25, 0.3) is 17.1 Å². The molecule has 0 saturated heterocycles. The van der Waals surface area contributed by atoms with Gasteiger partial charge in [-0.05, 0) is 43.7 Å². The van der Waals surface area contributed by atoms with Crippen LogP contribution in [0.1, 0.15) is 18.1 Å². The molecular weight excluding hydrogens is 437 g/mol. The lowest BCUT2D eigenvalue weighted by atomic mass is 10.1. The van der Waals surface area contributed by atoms with E-state index >= 15 is 0 Å². The zero-order valence-corrected chi connectivity index (χ0v) is 19.0. The summed E-state index contributed by atoms with van der Waals surface area (Å²) in [5.74, 6) is 0.215. The van der Waals surface area contributed by atoms with Crippen LogP contribution in [0.2, 0.25) is 0 Å². The number of carbonyl (C=O) groups excluding carboxylic acids is 1. The van der Waals surface area contributed by atoms with E-state index in [1.807, 2.05) is 66.1 Å². The summed E-state index contributed by atoms with van der Waals surface area (Å²) in [7, 11) is 0. The molecule has 0 atom stereocenters. The number of thioether (sulfide) groups is 1. The van der Waals surface area contributed by atoms with Gasteiger partial charge in [0.15, 0.2) is 11.0 Å². The molecule has 0 aliphatic heterocycles. The molecule has 4 rings (SSSR count). The van der Waals surface area contributed by atoms with E-state index in [4.69, 9.17) is 0 Å². The molecule has 8 heteroatoms. The van der Waals surface area contributed by atoms with Crippen molar-refractivity contribution in [3.63, 3.8) is 0 Å². The predicted molar refractivity (Wildman–Crippen MR) is 129 cm³/mol. The summed E-state index contributed by atoms with van der Waals surface area (Å²) < 4.78 is 15.0. The highest BCUT2D eigenvalue weighted by molar-refractivity contribution is 7.99. The third-order valence-electron chi connectivity index (χ3n) is 4.90. The lowest BCUT2D eigenvalue weighted by Crippen LogP contribution is -2.21. The third-order valence-corrected chi connectivity index (χ3v) is 5.83. The SMILES string of the molecule is C/C(=N/NC(=O)CSc1nnc(-c2ccccc2)n1-c1ccc(C)cc1)c1ccc(F)cc1. The van der Waals surface area contributed by atoms with Crippen LogP contribution >= 0.6 is 11.8 Å². The second kappa shape index (κ2) is 10.2. The van der Waals surface area contributed by atoms with Crippen molar-refractivity contribution in [3.8, 4) is 17.1 Å². The fourth-order valence-electron chi connectivity index (χ4n) is 3.13. The number of halogens is 1. The van der Waals surface area contributed by atoms with Crippen molar-refractivity contribution in [2.75, 3.05) is 5.75 Å². The van der Waals surface area contributed by atoms with Gasteiger partial charge in [-0.25, -0.2) is 9.82 Å². The fraction of sp³-hybridized carbons (Fsp3) is 0.120. The van der Waals surface area contributed by atoms with E-state index in [1.165, 1.54) is 23.9 Å². The Morgan fingerprint density at radius 1 is 1.00 bits per heavy atom. The molecule has 0 spiro atoms. The lowest BCUT2D eigenvalue weighted by molar-refractivity contribution is -0.118. The largest absolute Gasteiger partial charge is 0.272 e. The second-order valence-electron chi connectivity index (χ2n) is 7.37. The minimum Gasteiger partial charge on any atom is -0.272 e. The van der Waals surface area contributed by atoms with Crippen molar-refractivity contribution in [1.82, 2.24) is 20.2 Å². The van der Waals surface area contributed by atoms with E-state index in [0.29, 0.717) is 16.7 Å². The molecular formula is C25H22FN5OS. The number of hydrazone groups is 1. The van der Waals surface area contributed by atoms with Crippen molar-refractivity contribution in [1.29, 1.82) is 0 Å². The molecule has 0 bridgehead atoms. The number of carbonyl (C=O) groups is 1. The molecule has 0 aliphatic rings. The van der Waals surface area contributed by atoms with Crippen molar-refractivity contribution in [2.24, 2.45) is 5.10 Å². The highest BCUT2D eigenvalue weighted by Gasteiger charge is 2.17. The van der Waals surface area contributed by atoms with Gasteiger partial charge >= 0.3 is 0 Å². The molecule has 1 heterocycles. The summed E-state index contributed by atoms with van der Waals surface area (Å²) in [6.45, 7) is 3.78. The van der Waals surface area contributed by atoms with Gasteiger partial charge in [-0.2, -0.15) is 5.10 Å². The maximum atomic E-state index is 13.1. The Morgan fingerprint density at radius 3 is 2.39 bits per heavy atom. The van der Waals surface area contributed by atoms with Crippen LogP contribution in [0, 0.1) is 12.7 Å². The first-order valence-electron chi connectivity index (χ1n) is 10.3. The minimum atomic E-state index is -0.320. The maximum Gasteiger partial charge on any atom is 0.250 e. The van der Waals surface area contributed by atoms with E-state index in [-0.39, 0.29) is 17.5 Å². The number of aromatic nitrogens is 3. The molecule has 0 radical (unpaired) electrons. The zero-order valence-electron chi connectivity index (χ0n) is 18.2. The number of rotatable bonds is 7. The zero-order chi connectivity index (χ0) is 23.2. The first-order valence-corrected chi connectivity index (χ1v) is 11.3. The molecule has 166 valence electrons. The summed E-state index contributed by atoms with van der Waals surface area (Å²) in [4.78, 5) is 12.4. The molecule has 4 aromatic rings. The van der Waals surface area contributed by atoms with Crippen LogP contribution in [0.3, 0.4) is 0 Å². The summed E-state index contributed by atoms with van der Waals surface area (Å²) in [5.41, 5.74) is 6.86. The summed E-state index contributed by atoms with van der Waals surface area (Å²) in [5, 5.41) is 13.4. The molecule has 0 fully saturated rings. The average molecular weight is 460 g/mol. The third kappa shape index (κ3) is 5.53. The van der Waals surface area contributed by atoms with E-state index < -0.39 is 0 Å². The molecule has 0 aliphatic carbocycles. The summed E-state index contributed by atoms with van der Waals surface area (Å²) in [6.07, 6.45) is 0. The van der Waals surface area contributed by atoms with Crippen molar-refractivity contribution >= 4 is 23.4 Å². The highest BCUT2D eigenvalue weighted by atomic mass is 32.2. The number of nitrogens with zero attached hydrogens (tertiary/aromatic N) is 4. The van der Waals surface area contributed by atoms with Crippen LogP contribution in [0.4, 0.5) is 4.39 Å². The van der Waals surface area contributed by atoms with Gasteiger partial charge in [0.25, 0.3) is 5.91 Å². The number of amides is 1. The Kier molecular flexibility index (Phi) is 6.95. The molecule has 0 saturated carbocycles. The van der Waals surface area contributed by atoms with Gasteiger partial charge in [0.2, 0.25) is 0 Å². The number of benzene rings is 3. The van der Waals surface area contributed by atoms with Crippen LogP contribution in [-0.4, -0.2) is 32.1 Å². The Labute approximate surface area is 195 Å². The molecule has 1 aromatic heterocycles. The average Bonchev–Trinajstić information content (AvgIpc) is 3.26. The van der Waals surface area contributed by atoms with Crippen molar-refractivity contribution < 1.29 is 9.18 Å². The number of aryl methyl sites for hydroxylation is 1. The smallest absolute Gasteiger partial charge is 0.250 e. The molecule has 6 nitrogen and oxygen atoms in total. The second-order valence-corrected chi connectivity index (χ2v) is 8.31. The lowest BCUT2D eigenvalue weighted by Gasteiger charge is -2.10. The van der Waals surface area contributed by atoms with Crippen LogP contribution in [-0.2, 0) is 4.79 Å². The molecule has 1 amide bonds. The monoisotopic (exact) mass is 459 g/mol. The molecule has 33 heavy (non-hydrogen) atoms. The first-order chi connectivity index (χ1) is 16.0. The van der Waals surface area contributed by atoms with Gasteiger partial charge in [0, 0.05) is 11.3 Å². The topological polar surface area (TPSA) is 72.2 Å². The number of hydrogen-bond donors (Lipinski definition) is 1. The van der Waals surface area contributed by atoms with Crippen molar-refractivity contribution in [3.05, 3.63) is 95.8 Å². The Balaban J connectivity index is 1.51. The fourth-order valence-corrected chi connectivity index (χ4v) is 3.87. The van der Waals surface area contributed by atoms with E-state index in [2.05, 4.69) is 20.7 Å². The predicted octanol–water partition coefficient (Wildman–Crippen LogP) is 5.01. The minimum absolute atomic E-state index is 0.110. The number of nitrogens with one attached hydrogen (secondary N) is 1. The Hall–Kier alpha value is -3.78. The standard InChI is InChI=1S/C25H22FN5OS/c1-17-8-14-22(15-9-17)31-24(20-6-4-3-5-7-20)29-30-25(31)33-16-23(32)28-27-18(2)19-10-12-21(26)13-11-19/h3-15H,16H2,1-2H3,(H,28,32)/b27-18-. The van der Waals surface area contributed by atoms with Crippen LogP contribution in [0.5, 0.6) is 0 Å². The van der Waals surface area contributed by atoms with Crippen molar-refractivity contribution in [2.45, 2.75) is 19.0 Å². The Morgan fingerprint density at radius 2 is 1.70 bits per heavy atom. The van der Waals surface area contributed by atoms with Gasteiger partial charge in [-0.1, -0.05) is 71.9 Å². The van der Waals surface area contributed by atoms with Gasteiger partial charge < -0.3 is 0 Å². The molecule has 1 N–H and O–H groups in total. The quantitative estimate of drug-likeness (QED) is 0.239. The van der Waals surface area contributed by atoms with E-state index in [9.17, 15) is 9.18 Å². The van der Waals surface area contributed by atoms with Gasteiger partial charge in [-0.15, -0.1) is 10.2 Å². The van der Waals surface area contributed by atoms with E-state index in [0.717, 1.165) is 22.4 Å². The van der Waals surface area contributed by atoms with Gasteiger partial charge in [0.1, 0.15) is 5.82 Å². The maximum absolute atomic E-state index is 13.1. The summed E-state index contributed by atoms with van der Waals surface area (Å²) >= 11 is 1.28.